The number of aryl methyl sites for hydroxylation is 1. The molecule has 2 aromatic heterocycles. The van der Waals surface area contributed by atoms with E-state index in [0.29, 0.717) is 11.4 Å². The van der Waals surface area contributed by atoms with Crippen LogP contribution in [0.1, 0.15) is 39.2 Å². The molecule has 0 saturated carbocycles. The second-order valence-electron chi connectivity index (χ2n) is 7.92. The number of hydrogen-bond donors (Lipinski definition) is 3. The summed E-state index contributed by atoms with van der Waals surface area (Å²) in [7, 11) is 1.82. The van der Waals surface area contributed by atoms with Crippen molar-refractivity contribution in [2.45, 2.75) is 30.8 Å². The Kier molecular flexibility index (Phi) is 5.35. The van der Waals surface area contributed by atoms with E-state index in [2.05, 4.69) is 15.7 Å². The molecule has 3 N–H and O–H groups in total. The number of hydrogen-bond acceptors (Lipinski definition) is 6. The number of ether oxygens (including phenoxy) is 1. The molecule has 1 aromatic carbocycles. The molecule has 2 aliphatic rings. The van der Waals surface area contributed by atoms with Crippen molar-refractivity contribution in [1.82, 2.24) is 20.4 Å². The van der Waals surface area contributed by atoms with Crippen LogP contribution in [0, 0.1) is 5.82 Å². The van der Waals surface area contributed by atoms with Crippen molar-refractivity contribution in [1.29, 1.82) is 0 Å². The predicted molar refractivity (Wildman–Crippen MR) is 114 cm³/mol. The van der Waals surface area contributed by atoms with Gasteiger partial charge in [-0.25, -0.2) is 4.39 Å². The van der Waals surface area contributed by atoms with Gasteiger partial charge in [0.1, 0.15) is 11.9 Å². The molecule has 2 saturated heterocycles. The van der Waals surface area contributed by atoms with Crippen LogP contribution in [0.3, 0.4) is 0 Å². The topological polar surface area (TPSA) is 91.7 Å². The second-order valence-corrected chi connectivity index (χ2v) is 9.00. The number of amides is 1. The number of nitrogens with zero attached hydrogens (tertiary/aromatic N) is 2. The molecule has 0 radical (unpaired) electrons. The van der Waals surface area contributed by atoms with E-state index in [9.17, 15) is 14.3 Å². The predicted octanol–water partition coefficient (Wildman–Crippen LogP) is 2.55. The maximum atomic E-state index is 13.7. The Labute approximate surface area is 182 Å². The molecule has 2 aliphatic heterocycles. The minimum Gasteiger partial charge on any atom is -0.366 e. The van der Waals surface area contributed by atoms with Gasteiger partial charge in [0.2, 0.25) is 0 Å². The monoisotopic (exact) mass is 442 g/mol. The Morgan fingerprint density at radius 1 is 1.39 bits per heavy atom. The summed E-state index contributed by atoms with van der Waals surface area (Å²) < 4.78 is 20.6. The van der Waals surface area contributed by atoms with Crippen LogP contribution in [-0.2, 0) is 11.8 Å². The number of carbonyl (C=O) groups excluding carboxylic acids is 1. The molecular formula is C22H23FN4O3S. The number of nitrogens with one attached hydrogen (secondary N) is 2. The van der Waals surface area contributed by atoms with Crippen molar-refractivity contribution < 1.29 is 19.0 Å². The molecule has 4 atom stereocenters. The largest absolute Gasteiger partial charge is 0.366 e. The van der Waals surface area contributed by atoms with Crippen LogP contribution in [0.2, 0.25) is 0 Å². The Hall–Kier alpha value is -2.59. The van der Waals surface area contributed by atoms with E-state index < -0.39 is 6.29 Å². The van der Waals surface area contributed by atoms with E-state index in [1.165, 1.54) is 17.4 Å². The van der Waals surface area contributed by atoms with Gasteiger partial charge in [-0.3, -0.25) is 9.48 Å². The number of carbonyl (C=O) groups is 1. The fourth-order valence-corrected chi connectivity index (χ4v) is 5.28. The van der Waals surface area contributed by atoms with Crippen LogP contribution in [0.4, 0.5) is 4.39 Å². The number of rotatable bonds is 5. The zero-order valence-corrected chi connectivity index (χ0v) is 17.7. The van der Waals surface area contributed by atoms with Gasteiger partial charge in [0.05, 0.1) is 21.6 Å². The first kappa shape index (κ1) is 20.3. The molecule has 7 nitrogen and oxygen atoms in total. The fraction of sp³-hybridized carbons (Fsp3) is 0.364. The van der Waals surface area contributed by atoms with Crippen molar-refractivity contribution in [3.63, 3.8) is 0 Å². The number of aliphatic hydroxyl groups is 1. The third-order valence-corrected chi connectivity index (χ3v) is 6.97. The Balaban J connectivity index is 1.35. The first-order chi connectivity index (χ1) is 15.0. The lowest BCUT2D eigenvalue weighted by Crippen LogP contribution is -2.49. The van der Waals surface area contributed by atoms with Gasteiger partial charge < -0.3 is 20.5 Å². The quantitative estimate of drug-likeness (QED) is 0.529. The molecular weight excluding hydrogens is 419 g/mol. The van der Waals surface area contributed by atoms with Gasteiger partial charge in [-0.15, -0.1) is 11.3 Å². The molecule has 162 valence electrons. The van der Waals surface area contributed by atoms with Crippen LogP contribution in [-0.4, -0.2) is 46.2 Å². The number of benzene rings is 1. The van der Waals surface area contributed by atoms with Gasteiger partial charge in [0, 0.05) is 31.1 Å². The summed E-state index contributed by atoms with van der Waals surface area (Å²) in [5.74, 6) is -0.365. The van der Waals surface area contributed by atoms with Crippen molar-refractivity contribution in [2.24, 2.45) is 7.05 Å². The minimum atomic E-state index is -0.802. The smallest absolute Gasteiger partial charge is 0.261 e. The summed E-state index contributed by atoms with van der Waals surface area (Å²) >= 11 is 1.37. The zero-order chi connectivity index (χ0) is 21.5. The maximum Gasteiger partial charge on any atom is 0.261 e. The van der Waals surface area contributed by atoms with Crippen LogP contribution >= 0.6 is 11.3 Å². The number of aliphatic hydroxyl groups excluding tert-OH is 1. The van der Waals surface area contributed by atoms with Gasteiger partial charge in [0.15, 0.2) is 6.29 Å². The SMILES string of the molecule is Cn1ncc(C2OC2O)c1-c1ccc(C(=O)N[C@@H]2CNCC[C@H]2c2cccc(F)c2)s1. The van der Waals surface area contributed by atoms with Crippen LogP contribution < -0.4 is 10.6 Å². The van der Waals surface area contributed by atoms with Gasteiger partial charge >= 0.3 is 0 Å². The number of piperidine rings is 1. The van der Waals surface area contributed by atoms with Crippen LogP contribution in [0.5, 0.6) is 0 Å². The van der Waals surface area contributed by atoms with Gasteiger partial charge in [-0.2, -0.15) is 5.10 Å². The molecule has 0 bridgehead atoms. The molecule has 3 aromatic rings. The van der Waals surface area contributed by atoms with Crippen molar-refractivity contribution in [3.8, 4) is 10.6 Å². The number of aromatic nitrogens is 2. The average Bonchev–Trinajstić information content (AvgIpc) is 3.14. The highest BCUT2D eigenvalue weighted by atomic mass is 32.1. The first-order valence-corrected chi connectivity index (χ1v) is 11.1. The van der Waals surface area contributed by atoms with Crippen molar-refractivity contribution >= 4 is 17.2 Å². The molecule has 2 unspecified atom stereocenters. The highest BCUT2D eigenvalue weighted by Crippen LogP contribution is 2.43. The maximum absolute atomic E-state index is 13.7. The van der Waals surface area contributed by atoms with Gasteiger partial charge in [-0.05, 0) is 42.8 Å². The lowest BCUT2D eigenvalue weighted by atomic mass is 9.86. The summed E-state index contributed by atoms with van der Waals surface area (Å²) in [4.78, 5) is 14.5. The molecule has 0 spiro atoms. The zero-order valence-electron chi connectivity index (χ0n) is 16.9. The second kappa shape index (κ2) is 8.16. The van der Waals surface area contributed by atoms with Crippen molar-refractivity contribution in [3.05, 3.63) is 64.4 Å². The van der Waals surface area contributed by atoms with E-state index in [-0.39, 0.29) is 29.8 Å². The molecule has 1 amide bonds. The van der Waals surface area contributed by atoms with E-state index in [1.807, 2.05) is 19.2 Å². The molecule has 4 heterocycles. The van der Waals surface area contributed by atoms with Crippen molar-refractivity contribution in [2.75, 3.05) is 13.1 Å². The van der Waals surface area contributed by atoms with Gasteiger partial charge in [-0.1, -0.05) is 12.1 Å². The molecule has 2 fully saturated rings. The Morgan fingerprint density at radius 3 is 3.00 bits per heavy atom. The summed E-state index contributed by atoms with van der Waals surface area (Å²) in [5, 5.41) is 20.4. The van der Waals surface area contributed by atoms with E-state index in [4.69, 9.17) is 4.74 Å². The molecule has 31 heavy (non-hydrogen) atoms. The Bertz CT molecular complexity index is 1110. The first-order valence-electron chi connectivity index (χ1n) is 10.2. The molecule has 5 rings (SSSR count). The standard InChI is InChI=1S/C22H23FN4O3S/c1-27-19(15(10-25-27)20-22(29)30-20)17-5-6-18(31-17)21(28)26-16-11-24-8-7-14(16)12-3-2-4-13(23)9-12/h2-6,9-10,14,16,20,22,24,29H,7-8,11H2,1H3,(H,26,28)/t14-,16+,20?,22?/m0/s1. The fourth-order valence-electron chi connectivity index (χ4n) is 4.27. The lowest BCUT2D eigenvalue weighted by molar-refractivity contribution is 0.0928. The van der Waals surface area contributed by atoms with Crippen LogP contribution in [0.25, 0.3) is 10.6 Å². The third-order valence-electron chi connectivity index (χ3n) is 5.88. The van der Waals surface area contributed by atoms with E-state index in [1.54, 1.807) is 29.1 Å². The van der Waals surface area contributed by atoms with E-state index >= 15 is 0 Å². The summed E-state index contributed by atoms with van der Waals surface area (Å²) in [6.45, 7) is 1.46. The average molecular weight is 443 g/mol. The Morgan fingerprint density at radius 2 is 2.23 bits per heavy atom. The highest BCUT2D eigenvalue weighted by Gasteiger charge is 2.41. The third kappa shape index (κ3) is 4.01. The number of thiophene rings is 1. The summed E-state index contributed by atoms with van der Waals surface area (Å²) in [6.07, 6.45) is 1.34. The number of epoxide rings is 1. The van der Waals surface area contributed by atoms with Crippen LogP contribution in [0.15, 0.2) is 42.6 Å². The minimum absolute atomic E-state index is 0.0533. The molecule has 9 heteroatoms. The normalized spacial score (nSPS) is 25.4. The van der Waals surface area contributed by atoms with E-state index in [0.717, 1.165) is 34.7 Å². The van der Waals surface area contributed by atoms with Gasteiger partial charge in [0.25, 0.3) is 5.91 Å². The summed E-state index contributed by atoms with van der Waals surface area (Å²) in [5.41, 5.74) is 2.55. The highest BCUT2D eigenvalue weighted by molar-refractivity contribution is 7.17. The molecule has 0 aliphatic carbocycles. The number of halogens is 1. The summed E-state index contributed by atoms with van der Waals surface area (Å²) in [6, 6.07) is 10.2. The lowest BCUT2D eigenvalue weighted by Gasteiger charge is -2.33.